The number of nitrogens with one attached hydrogen (secondary N) is 1. The van der Waals surface area contributed by atoms with Crippen LogP contribution in [0.4, 0.5) is 18.0 Å². The Hall–Kier alpha value is -2.25. The number of amides is 2. The Bertz CT molecular complexity index is 690. The van der Waals surface area contributed by atoms with Crippen molar-refractivity contribution < 1.29 is 27.9 Å². The number of piperidine rings is 1. The van der Waals surface area contributed by atoms with Gasteiger partial charge in [-0.2, -0.15) is 13.2 Å². The first-order valence-corrected chi connectivity index (χ1v) is 9.69. The summed E-state index contributed by atoms with van der Waals surface area (Å²) in [5.41, 5.74) is 0.228. The van der Waals surface area contributed by atoms with E-state index >= 15 is 0 Å². The van der Waals surface area contributed by atoms with Crippen molar-refractivity contribution in [1.82, 2.24) is 10.2 Å². The van der Waals surface area contributed by atoms with Crippen molar-refractivity contribution in [2.45, 2.75) is 56.7 Å². The molecule has 154 valence electrons. The number of benzene rings is 1. The van der Waals surface area contributed by atoms with Gasteiger partial charge >= 0.3 is 18.2 Å². The molecule has 2 aliphatic rings. The molecule has 1 aliphatic heterocycles. The Morgan fingerprint density at radius 2 is 1.54 bits per heavy atom. The summed E-state index contributed by atoms with van der Waals surface area (Å²) in [7, 11) is 0. The number of urea groups is 1. The molecule has 1 aliphatic carbocycles. The lowest BCUT2D eigenvalue weighted by Crippen LogP contribution is -2.48. The maximum Gasteiger partial charge on any atom is 0.416 e. The third-order valence-corrected chi connectivity index (χ3v) is 5.90. The Labute approximate surface area is 161 Å². The van der Waals surface area contributed by atoms with Crippen molar-refractivity contribution in [2.75, 3.05) is 13.1 Å². The van der Waals surface area contributed by atoms with Crippen LogP contribution in [0.5, 0.6) is 0 Å². The minimum Gasteiger partial charge on any atom is -0.481 e. The molecule has 2 N–H and O–H groups in total. The van der Waals surface area contributed by atoms with E-state index in [0.717, 1.165) is 17.7 Å². The van der Waals surface area contributed by atoms with Gasteiger partial charge in [0.2, 0.25) is 0 Å². The molecule has 2 fully saturated rings. The number of hydrogen-bond acceptors (Lipinski definition) is 2. The highest BCUT2D eigenvalue weighted by atomic mass is 19.4. The van der Waals surface area contributed by atoms with Gasteiger partial charge in [0.1, 0.15) is 0 Å². The van der Waals surface area contributed by atoms with E-state index in [1.54, 1.807) is 4.90 Å². The Kier molecular flexibility index (Phi) is 6.15. The van der Waals surface area contributed by atoms with Gasteiger partial charge in [-0.05, 0) is 62.1 Å². The minimum absolute atomic E-state index is 0.00994. The number of likely N-dealkylation sites (tertiary alicyclic amines) is 1. The van der Waals surface area contributed by atoms with E-state index in [1.807, 2.05) is 0 Å². The molecule has 8 heteroatoms. The Morgan fingerprint density at radius 1 is 0.964 bits per heavy atom. The van der Waals surface area contributed by atoms with Crippen LogP contribution in [0.1, 0.15) is 55.6 Å². The largest absolute Gasteiger partial charge is 0.481 e. The minimum atomic E-state index is -4.33. The second-order valence-electron chi connectivity index (χ2n) is 7.72. The van der Waals surface area contributed by atoms with E-state index in [0.29, 0.717) is 51.6 Å². The number of hydrogen-bond donors (Lipinski definition) is 2. The van der Waals surface area contributed by atoms with Gasteiger partial charge in [-0.15, -0.1) is 0 Å². The molecule has 0 aromatic heterocycles. The van der Waals surface area contributed by atoms with Gasteiger partial charge < -0.3 is 15.3 Å². The smallest absolute Gasteiger partial charge is 0.416 e. The van der Waals surface area contributed by atoms with Gasteiger partial charge in [0, 0.05) is 19.1 Å². The molecule has 1 aromatic carbocycles. The summed E-state index contributed by atoms with van der Waals surface area (Å²) >= 11 is 0. The molecule has 0 spiro atoms. The number of carboxylic acids is 1. The molecule has 1 saturated carbocycles. The zero-order valence-electron chi connectivity index (χ0n) is 15.5. The highest BCUT2D eigenvalue weighted by molar-refractivity contribution is 5.75. The summed E-state index contributed by atoms with van der Waals surface area (Å²) in [4.78, 5) is 25.2. The van der Waals surface area contributed by atoms with Crippen LogP contribution in [0.2, 0.25) is 0 Å². The molecule has 2 amide bonds. The number of carboxylic acid groups (broad SMARTS) is 1. The van der Waals surface area contributed by atoms with E-state index in [4.69, 9.17) is 5.11 Å². The molecule has 1 saturated heterocycles. The van der Waals surface area contributed by atoms with Crippen molar-refractivity contribution in [3.63, 3.8) is 0 Å². The molecule has 0 atom stereocenters. The van der Waals surface area contributed by atoms with Crippen LogP contribution in [0, 0.1) is 5.92 Å². The van der Waals surface area contributed by atoms with E-state index in [1.165, 1.54) is 12.1 Å². The number of rotatable bonds is 3. The lowest BCUT2D eigenvalue weighted by Gasteiger charge is -2.34. The van der Waals surface area contributed by atoms with Crippen molar-refractivity contribution in [3.8, 4) is 0 Å². The lowest BCUT2D eigenvalue weighted by molar-refractivity contribution is -0.143. The predicted octanol–water partition coefficient (Wildman–Crippen LogP) is 4.24. The van der Waals surface area contributed by atoms with Gasteiger partial charge in [0.25, 0.3) is 0 Å². The molecule has 5 nitrogen and oxygen atoms in total. The molecular formula is C20H25F3N2O3. The number of carbonyl (C=O) groups is 2. The lowest BCUT2D eigenvalue weighted by atomic mass is 9.86. The van der Waals surface area contributed by atoms with Gasteiger partial charge in [0.05, 0.1) is 11.5 Å². The van der Waals surface area contributed by atoms with Gasteiger partial charge in [-0.25, -0.2) is 4.79 Å². The zero-order chi connectivity index (χ0) is 20.3. The molecular weight excluding hydrogens is 373 g/mol. The quantitative estimate of drug-likeness (QED) is 0.800. The van der Waals surface area contributed by atoms with Crippen LogP contribution in [0.3, 0.4) is 0 Å². The van der Waals surface area contributed by atoms with Crippen LogP contribution in [0.15, 0.2) is 24.3 Å². The van der Waals surface area contributed by atoms with Crippen LogP contribution in [-0.2, 0) is 11.0 Å². The standard InChI is InChI=1S/C20H25F3N2O3/c21-20(22,23)16-5-1-13(2-6-16)14-9-11-25(12-10-14)19(28)24-17-7-3-15(4-8-17)18(26)27/h1-2,5-6,14-15,17H,3-4,7-12H2,(H,24,28)(H,26,27). The van der Waals surface area contributed by atoms with Crippen molar-refractivity contribution in [2.24, 2.45) is 5.92 Å². The average Bonchev–Trinajstić information content (AvgIpc) is 2.68. The summed E-state index contributed by atoms with van der Waals surface area (Å²) in [6.07, 6.45) is -0.402. The summed E-state index contributed by atoms with van der Waals surface area (Å²) < 4.78 is 38.0. The summed E-state index contributed by atoms with van der Waals surface area (Å²) in [5.74, 6) is -0.930. The first-order valence-electron chi connectivity index (χ1n) is 9.69. The topological polar surface area (TPSA) is 69.6 Å². The number of aliphatic carboxylic acids is 1. The van der Waals surface area contributed by atoms with Gasteiger partial charge in [0.15, 0.2) is 0 Å². The van der Waals surface area contributed by atoms with Gasteiger partial charge in [-0.1, -0.05) is 12.1 Å². The zero-order valence-corrected chi connectivity index (χ0v) is 15.5. The molecule has 1 aromatic rings. The molecule has 1 heterocycles. The number of carbonyl (C=O) groups excluding carboxylic acids is 1. The molecule has 3 rings (SSSR count). The SMILES string of the molecule is O=C(O)C1CCC(NC(=O)N2CCC(c3ccc(C(F)(F)F)cc3)CC2)CC1. The van der Waals surface area contributed by atoms with E-state index < -0.39 is 17.7 Å². The summed E-state index contributed by atoms with van der Waals surface area (Å²) in [6.45, 7) is 1.12. The van der Waals surface area contributed by atoms with Crippen LogP contribution >= 0.6 is 0 Å². The first-order chi connectivity index (χ1) is 13.2. The van der Waals surface area contributed by atoms with Crippen molar-refractivity contribution in [1.29, 1.82) is 0 Å². The average molecular weight is 398 g/mol. The van der Waals surface area contributed by atoms with Crippen LogP contribution in [-0.4, -0.2) is 41.1 Å². The fraction of sp³-hybridized carbons (Fsp3) is 0.600. The molecule has 28 heavy (non-hydrogen) atoms. The highest BCUT2D eigenvalue weighted by Gasteiger charge is 2.31. The number of halogens is 3. The number of nitrogens with zero attached hydrogens (tertiary/aromatic N) is 1. The second kappa shape index (κ2) is 8.41. The molecule has 0 unspecified atom stereocenters. The van der Waals surface area contributed by atoms with Crippen molar-refractivity contribution in [3.05, 3.63) is 35.4 Å². The fourth-order valence-electron chi connectivity index (χ4n) is 4.11. The monoisotopic (exact) mass is 398 g/mol. The Balaban J connectivity index is 1.46. The number of alkyl halides is 3. The van der Waals surface area contributed by atoms with Crippen LogP contribution < -0.4 is 5.32 Å². The van der Waals surface area contributed by atoms with E-state index in [-0.39, 0.29) is 23.9 Å². The first kappa shape index (κ1) is 20.5. The highest BCUT2D eigenvalue weighted by Crippen LogP contribution is 2.33. The Morgan fingerprint density at radius 3 is 2.04 bits per heavy atom. The normalized spacial score (nSPS) is 24.0. The predicted molar refractivity (Wildman–Crippen MR) is 96.9 cm³/mol. The molecule has 0 bridgehead atoms. The fourth-order valence-corrected chi connectivity index (χ4v) is 4.11. The summed E-state index contributed by atoms with van der Waals surface area (Å²) in [5, 5.41) is 12.0. The van der Waals surface area contributed by atoms with Crippen molar-refractivity contribution >= 4 is 12.0 Å². The third kappa shape index (κ3) is 4.97. The van der Waals surface area contributed by atoms with Gasteiger partial charge in [-0.3, -0.25) is 4.79 Å². The maximum absolute atomic E-state index is 12.7. The summed E-state index contributed by atoms with van der Waals surface area (Å²) in [6, 6.07) is 5.17. The second-order valence-corrected chi connectivity index (χ2v) is 7.72. The third-order valence-electron chi connectivity index (χ3n) is 5.90. The maximum atomic E-state index is 12.7. The van der Waals surface area contributed by atoms with E-state index in [9.17, 15) is 22.8 Å². The van der Waals surface area contributed by atoms with E-state index in [2.05, 4.69) is 5.32 Å². The van der Waals surface area contributed by atoms with Crippen LogP contribution in [0.25, 0.3) is 0 Å². The molecule has 0 radical (unpaired) electrons.